The Morgan fingerprint density at radius 3 is 2.61 bits per heavy atom. The molecule has 1 aliphatic carbocycles. The summed E-state index contributed by atoms with van der Waals surface area (Å²) >= 11 is 0. The highest BCUT2D eigenvalue weighted by Gasteiger charge is 2.36. The van der Waals surface area contributed by atoms with Gasteiger partial charge in [0.05, 0.1) is 11.4 Å². The van der Waals surface area contributed by atoms with Gasteiger partial charge in [-0.3, -0.25) is 9.69 Å². The topological polar surface area (TPSA) is 86.7 Å². The normalized spacial score (nSPS) is 21.2. The summed E-state index contributed by atoms with van der Waals surface area (Å²) in [5.74, 6) is -1.37. The van der Waals surface area contributed by atoms with Crippen LogP contribution in [0.25, 0.3) is 0 Å². The van der Waals surface area contributed by atoms with Crippen molar-refractivity contribution in [3.05, 3.63) is 29.6 Å². The molecular formula is C15H21FN2O4S. The molecule has 23 heavy (non-hydrogen) atoms. The van der Waals surface area contributed by atoms with Crippen molar-refractivity contribution in [2.24, 2.45) is 0 Å². The third-order valence-electron chi connectivity index (χ3n) is 4.12. The molecule has 0 atom stereocenters. The van der Waals surface area contributed by atoms with Gasteiger partial charge in [-0.25, -0.2) is 17.5 Å². The molecule has 1 aromatic carbocycles. The minimum atomic E-state index is -3.70. The third-order valence-corrected chi connectivity index (χ3v) is 5.80. The Bertz CT molecular complexity index is 687. The molecule has 0 spiro atoms. The zero-order valence-corrected chi connectivity index (χ0v) is 13.9. The predicted octanol–water partition coefficient (Wildman–Crippen LogP) is 1.35. The van der Waals surface area contributed by atoms with Gasteiger partial charge in [-0.15, -0.1) is 0 Å². The van der Waals surface area contributed by atoms with E-state index in [2.05, 4.69) is 4.72 Å². The summed E-state index contributed by atoms with van der Waals surface area (Å²) in [4.78, 5) is 12.7. The van der Waals surface area contributed by atoms with Crippen molar-refractivity contribution >= 4 is 16.0 Å². The smallest absolute Gasteiger partial charge is 0.317 e. The van der Waals surface area contributed by atoms with E-state index in [-0.39, 0.29) is 23.5 Å². The molecule has 1 fully saturated rings. The molecule has 8 heteroatoms. The van der Waals surface area contributed by atoms with Crippen LogP contribution in [0.4, 0.5) is 4.39 Å². The molecule has 0 heterocycles. The van der Waals surface area contributed by atoms with E-state index in [1.165, 1.54) is 12.1 Å². The molecule has 0 amide bonds. The van der Waals surface area contributed by atoms with Crippen molar-refractivity contribution in [2.45, 2.75) is 43.7 Å². The number of aliphatic carboxylic acids is 1. The summed E-state index contributed by atoms with van der Waals surface area (Å²) in [6.45, 7) is 3.99. The van der Waals surface area contributed by atoms with Gasteiger partial charge in [0.15, 0.2) is 0 Å². The number of hydrogen-bond acceptors (Lipinski definition) is 4. The number of aryl methyl sites for hydroxylation is 1. The van der Waals surface area contributed by atoms with Crippen molar-refractivity contribution in [1.82, 2.24) is 9.62 Å². The molecule has 0 unspecified atom stereocenters. The first kappa shape index (κ1) is 17.8. The lowest BCUT2D eigenvalue weighted by Crippen LogP contribution is -2.54. The number of benzene rings is 1. The Morgan fingerprint density at radius 1 is 1.43 bits per heavy atom. The lowest BCUT2D eigenvalue weighted by molar-refractivity contribution is -0.139. The van der Waals surface area contributed by atoms with Crippen LogP contribution in [0.15, 0.2) is 23.1 Å². The number of halogens is 1. The van der Waals surface area contributed by atoms with Crippen LogP contribution >= 0.6 is 0 Å². The first-order chi connectivity index (χ1) is 10.7. The van der Waals surface area contributed by atoms with Gasteiger partial charge in [0.2, 0.25) is 10.0 Å². The van der Waals surface area contributed by atoms with Gasteiger partial charge in [0, 0.05) is 12.1 Å². The predicted molar refractivity (Wildman–Crippen MR) is 83.2 cm³/mol. The fourth-order valence-corrected chi connectivity index (χ4v) is 4.34. The summed E-state index contributed by atoms with van der Waals surface area (Å²) in [6, 6.07) is 3.41. The largest absolute Gasteiger partial charge is 0.480 e. The molecular weight excluding hydrogens is 323 g/mol. The second kappa shape index (κ2) is 6.94. The Morgan fingerprint density at radius 2 is 2.09 bits per heavy atom. The first-order valence-corrected chi connectivity index (χ1v) is 8.95. The molecule has 0 bridgehead atoms. The van der Waals surface area contributed by atoms with E-state index in [1.54, 1.807) is 6.92 Å². The average molecular weight is 344 g/mol. The SMILES string of the molecule is CCN(CC(=O)O)C1CC(NS(=O)(=O)c2ccc(F)cc2C)C1. The molecule has 0 saturated heterocycles. The molecule has 128 valence electrons. The van der Waals surface area contributed by atoms with Crippen molar-refractivity contribution in [1.29, 1.82) is 0 Å². The summed E-state index contributed by atoms with van der Waals surface area (Å²) in [6.07, 6.45) is 1.14. The van der Waals surface area contributed by atoms with Gasteiger partial charge in [0.25, 0.3) is 0 Å². The third kappa shape index (κ3) is 4.27. The van der Waals surface area contributed by atoms with Gasteiger partial charge in [0.1, 0.15) is 5.82 Å². The van der Waals surface area contributed by atoms with E-state index in [4.69, 9.17) is 5.11 Å². The van der Waals surface area contributed by atoms with Crippen LogP contribution in [0.5, 0.6) is 0 Å². The van der Waals surface area contributed by atoms with Crippen LogP contribution in [0.1, 0.15) is 25.3 Å². The Hall–Kier alpha value is -1.51. The maximum absolute atomic E-state index is 13.1. The van der Waals surface area contributed by atoms with Crippen LogP contribution in [-0.4, -0.2) is 49.6 Å². The number of likely N-dealkylation sites (N-methyl/N-ethyl adjacent to an activating group) is 1. The zero-order valence-electron chi connectivity index (χ0n) is 13.1. The molecule has 1 aliphatic rings. The van der Waals surface area contributed by atoms with Gasteiger partial charge < -0.3 is 5.11 Å². The van der Waals surface area contributed by atoms with E-state index in [9.17, 15) is 17.6 Å². The van der Waals surface area contributed by atoms with Crippen LogP contribution in [0.3, 0.4) is 0 Å². The van der Waals surface area contributed by atoms with Crippen LogP contribution < -0.4 is 4.72 Å². The summed E-state index contributed by atoms with van der Waals surface area (Å²) in [7, 11) is -3.70. The number of hydrogen-bond donors (Lipinski definition) is 2. The second-order valence-electron chi connectivity index (χ2n) is 5.81. The molecule has 0 aromatic heterocycles. The standard InChI is InChI=1S/C15H21FN2O4S/c1-3-18(9-15(19)20)13-7-12(8-13)17-23(21,22)14-5-4-11(16)6-10(14)2/h4-6,12-13,17H,3,7-9H2,1-2H3,(H,19,20). The number of nitrogens with zero attached hydrogens (tertiary/aromatic N) is 1. The van der Waals surface area contributed by atoms with E-state index in [0.717, 1.165) is 6.07 Å². The number of carboxylic acid groups (broad SMARTS) is 1. The fourth-order valence-electron chi connectivity index (χ4n) is 2.85. The number of sulfonamides is 1. The van der Waals surface area contributed by atoms with E-state index in [0.29, 0.717) is 24.9 Å². The monoisotopic (exact) mass is 344 g/mol. The van der Waals surface area contributed by atoms with Gasteiger partial charge in [-0.2, -0.15) is 0 Å². The fraction of sp³-hybridized carbons (Fsp3) is 0.533. The summed E-state index contributed by atoms with van der Waals surface area (Å²) < 4.78 is 40.4. The summed E-state index contributed by atoms with van der Waals surface area (Å²) in [5, 5.41) is 8.85. The Balaban J connectivity index is 1.97. The van der Waals surface area contributed by atoms with Crippen molar-refractivity contribution in [3.63, 3.8) is 0 Å². The van der Waals surface area contributed by atoms with Gasteiger partial charge >= 0.3 is 5.97 Å². The second-order valence-corrected chi connectivity index (χ2v) is 7.49. The molecule has 6 nitrogen and oxygen atoms in total. The molecule has 2 rings (SSSR count). The maximum atomic E-state index is 13.1. The lowest BCUT2D eigenvalue weighted by atomic mass is 9.86. The zero-order chi connectivity index (χ0) is 17.2. The number of rotatable bonds is 7. The minimum absolute atomic E-state index is 0.0439. The van der Waals surface area contributed by atoms with Crippen LogP contribution in [0, 0.1) is 12.7 Å². The Labute approximate surface area is 135 Å². The highest BCUT2D eigenvalue weighted by molar-refractivity contribution is 7.89. The maximum Gasteiger partial charge on any atom is 0.317 e. The van der Waals surface area contributed by atoms with E-state index in [1.807, 2.05) is 11.8 Å². The van der Waals surface area contributed by atoms with Crippen molar-refractivity contribution in [3.8, 4) is 0 Å². The van der Waals surface area contributed by atoms with Gasteiger partial charge in [-0.1, -0.05) is 6.92 Å². The highest BCUT2D eigenvalue weighted by Crippen LogP contribution is 2.27. The van der Waals surface area contributed by atoms with E-state index >= 15 is 0 Å². The minimum Gasteiger partial charge on any atom is -0.480 e. The Kier molecular flexibility index (Phi) is 5.38. The van der Waals surface area contributed by atoms with Gasteiger partial charge in [-0.05, 0) is 50.1 Å². The van der Waals surface area contributed by atoms with E-state index < -0.39 is 21.8 Å². The molecule has 0 aliphatic heterocycles. The lowest BCUT2D eigenvalue weighted by Gasteiger charge is -2.42. The molecule has 1 aromatic rings. The molecule has 0 radical (unpaired) electrons. The molecule has 2 N–H and O–H groups in total. The number of carboxylic acids is 1. The van der Waals surface area contributed by atoms with Crippen molar-refractivity contribution < 1.29 is 22.7 Å². The number of carbonyl (C=O) groups is 1. The van der Waals surface area contributed by atoms with Crippen LogP contribution in [0.2, 0.25) is 0 Å². The van der Waals surface area contributed by atoms with Crippen LogP contribution in [-0.2, 0) is 14.8 Å². The quantitative estimate of drug-likeness (QED) is 0.780. The average Bonchev–Trinajstić information content (AvgIpc) is 2.39. The number of nitrogens with one attached hydrogen (secondary N) is 1. The first-order valence-electron chi connectivity index (χ1n) is 7.47. The highest BCUT2D eigenvalue weighted by atomic mass is 32.2. The summed E-state index contributed by atoms with van der Waals surface area (Å²) in [5.41, 5.74) is 0.356. The molecule has 1 saturated carbocycles. The van der Waals surface area contributed by atoms with Crippen molar-refractivity contribution in [2.75, 3.05) is 13.1 Å².